The summed E-state index contributed by atoms with van der Waals surface area (Å²) in [7, 11) is 0. The van der Waals surface area contributed by atoms with E-state index in [1.807, 2.05) is 26.0 Å². The highest BCUT2D eigenvalue weighted by Gasteiger charge is 2.19. The van der Waals surface area contributed by atoms with Crippen molar-refractivity contribution < 1.29 is 5.11 Å². The maximum atomic E-state index is 10.6. The van der Waals surface area contributed by atoms with Gasteiger partial charge in [-0.2, -0.15) is 0 Å². The Labute approximate surface area is 131 Å². The van der Waals surface area contributed by atoms with Crippen molar-refractivity contribution in [1.82, 2.24) is 0 Å². The van der Waals surface area contributed by atoms with Gasteiger partial charge in [-0.3, -0.25) is 0 Å². The van der Waals surface area contributed by atoms with Crippen LogP contribution in [0.4, 0.5) is 0 Å². The summed E-state index contributed by atoms with van der Waals surface area (Å²) >= 11 is 15.8. The van der Waals surface area contributed by atoms with E-state index in [9.17, 15) is 5.11 Å². The van der Waals surface area contributed by atoms with Gasteiger partial charge in [0.05, 0.1) is 0 Å². The Bertz CT molecular complexity index is 606. The average molecular weight is 360 g/mol. The lowest BCUT2D eigenvalue weighted by Crippen LogP contribution is -2.04. The molecule has 0 amide bonds. The third kappa shape index (κ3) is 2.97. The molecule has 2 rings (SSSR count). The summed E-state index contributed by atoms with van der Waals surface area (Å²) < 4.78 is 1.02. The third-order valence-corrected chi connectivity index (χ3v) is 4.63. The summed E-state index contributed by atoms with van der Waals surface area (Å²) in [5.74, 6) is 0. The lowest BCUT2D eigenvalue weighted by Gasteiger charge is -2.18. The molecular weight excluding hydrogens is 347 g/mol. The minimum Gasteiger partial charge on any atom is -0.384 e. The lowest BCUT2D eigenvalue weighted by atomic mass is 9.96. The molecule has 1 N–H and O–H groups in total. The average Bonchev–Trinajstić information content (AvgIpc) is 2.33. The number of benzene rings is 2. The van der Waals surface area contributed by atoms with Gasteiger partial charge in [0, 0.05) is 20.1 Å². The largest absolute Gasteiger partial charge is 0.384 e. The van der Waals surface area contributed by atoms with Crippen molar-refractivity contribution in [2.45, 2.75) is 20.0 Å². The Hall–Kier alpha value is -0.540. The normalized spacial score (nSPS) is 12.5. The molecule has 0 spiro atoms. The Morgan fingerprint density at radius 2 is 1.63 bits per heavy atom. The van der Waals surface area contributed by atoms with Gasteiger partial charge in [-0.25, -0.2) is 0 Å². The molecule has 0 aromatic heterocycles. The van der Waals surface area contributed by atoms with Crippen molar-refractivity contribution in [3.8, 4) is 0 Å². The predicted molar refractivity (Wildman–Crippen MR) is 84.1 cm³/mol. The highest BCUT2D eigenvalue weighted by molar-refractivity contribution is 9.10. The molecule has 0 radical (unpaired) electrons. The Morgan fingerprint density at radius 1 is 1.05 bits per heavy atom. The summed E-state index contributed by atoms with van der Waals surface area (Å²) in [5, 5.41) is 11.5. The summed E-state index contributed by atoms with van der Waals surface area (Å²) in [6, 6.07) is 9.16. The first-order chi connectivity index (χ1) is 8.91. The molecule has 0 aliphatic carbocycles. The maximum Gasteiger partial charge on any atom is 0.107 e. The van der Waals surface area contributed by atoms with E-state index in [0.29, 0.717) is 15.6 Å². The molecule has 1 unspecified atom stereocenters. The number of aliphatic hydroxyl groups excluding tert-OH is 1. The van der Waals surface area contributed by atoms with Crippen molar-refractivity contribution in [2.24, 2.45) is 0 Å². The fourth-order valence-electron chi connectivity index (χ4n) is 2.03. The van der Waals surface area contributed by atoms with Gasteiger partial charge in [0.2, 0.25) is 0 Å². The number of rotatable bonds is 2. The van der Waals surface area contributed by atoms with E-state index in [-0.39, 0.29) is 0 Å². The Morgan fingerprint density at radius 3 is 2.21 bits per heavy atom. The number of hydrogen-bond donors (Lipinski definition) is 1. The SMILES string of the molecule is Cc1cc(C(O)c2c(Cl)cccc2Cl)c(C)cc1Br. The van der Waals surface area contributed by atoms with E-state index in [4.69, 9.17) is 23.2 Å². The first kappa shape index (κ1) is 14.9. The first-order valence-electron chi connectivity index (χ1n) is 5.80. The number of aryl methyl sites for hydroxylation is 2. The summed E-state index contributed by atoms with van der Waals surface area (Å²) in [4.78, 5) is 0. The van der Waals surface area contributed by atoms with E-state index in [1.165, 1.54) is 0 Å². The summed E-state index contributed by atoms with van der Waals surface area (Å²) in [6.45, 7) is 3.93. The van der Waals surface area contributed by atoms with Crippen LogP contribution in [-0.4, -0.2) is 5.11 Å². The highest BCUT2D eigenvalue weighted by Crippen LogP contribution is 2.36. The molecule has 0 bridgehead atoms. The molecule has 4 heteroatoms. The van der Waals surface area contributed by atoms with Gasteiger partial charge >= 0.3 is 0 Å². The summed E-state index contributed by atoms with van der Waals surface area (Å²) in [5.41, 5.74) is 3.41. The zero-order chi connectivity index (χ0) is 14.2. The van der Waals surface area contributed by atoms with Crippen LogP contribution in [0.25, 0.3) is 0 Å². The second kappa shape index (κ2) is 5.84. The molecule has 2 aromatic rings. The molecule has 0 fully saturated rings. The van der Waals surface area contributed by atoms with Gasteiger partial charge in [0.1, 0.15) is 6.10 Å². The first-order valence-corrected chi connectivity index (χ1v) is 7.35. The monoisotopic (exact) mass is 358 g/mol. The second-order valence-electron chi connectivity index (χ2n) is 4.50. The molecule has 0 saturated heterocycles. The smallest absolute Gasteiger partial charge is 0.107 e. The van der Waals surface area contributed by atoms with E-state index in [0.717, 1.165) is 21.2 Å². The fourth-order valence-corrected chi connectivity index (χ4v) is 3.09. The van der Waals surface area contributed by atoms with Crippen LogP contribution in [0, 0.1) is 13.8 Å². The zero-order valence-electron chi connectivity index (χ0n) is 10.5. The lowest BCUT2D eigenvalue weighted by molar-refractivity contribution is 0.219. The summed E-state index contributed by atoms with van der Waals surface area (Å²) in [6.07, 6.45) is -0.826. The topological polar surface area (TPSA) is 20.2 Å². The molecule has 0 aliphatic rings. The van der Waals surface area contributed by atoms with Crippen LogP contribution in [-0.2, 0) is 0 Å². The fraction of sp³-hybridized carbons (Fsp3) is 0.200. The minimum atomic E-state index is -0.826. The Kier molecular flexibility index (Phi) is 4.57. The van der Waals surface area contributed by atoms with E-state index >= 15 is 0 Å². The molecule has 1 atom stereocenters. The molecule has 0 heterocycles. The third-order valence-electron chi connectivity index (χ3n) is 3.12. The second-order valence-corrected chi connectivity index (χ2v) is 6.16. The van der Waals surface area contributed by atoms with Crippen molar-refractivity contribution in [1.29, 1.82) is 0 Å². The molecule has 100 valence electrons. The Balaban J connectivity index is 2.56. The zero-order valence-corrected chi connectivity index (χ0v) is 13.6. The van der Waals surface area contributed by atoms with Gasteiger partial charge < -0.3 is 5.11 Å². The highest BCUT2D eigenvalue weighted by atomic mass is 79.9. The van der Waals surface area contributed by atoms with Crippen LogP contribution in [0.3, 0.4) is 0 Å². The van der Waals surface area contributed by atoms with Crippen molar-refractivity contribution in [3.63, 3.8) is 0 Å². The van der Waals surface area contributed by atoms with E-state index in [1.54, 1.807) is 18.2 Å². The van der Waals surface area contributed by atoms with E-state index in [2.05, 4.69) is 15.9 Å². The quantitative estimate of drug-likeness (QED) is 0.755. The van der Waals surface area contributed by atoms with Crippen LogP contribution in [0.1, 0.15) is 28.4 Å². The number of hydrogen-bond acceptors (Lipinski definition) is 1. The number of aliphatic hydroxyl groups is 1. The standard InChI is InChI=1S/C15H13BrCl2O/c1-8-7-11(16)9(2)6-10(8)15(19)14-12(17)4-3-5-13(14)18/h3-7,15,19H,1-2H3. The number of halogens is 3. The van der Waals surface area contributed by atoms with Crippen molar-refractivity contribution in [3.05, 3.63) is 67.1 Å². The molecule has 0 saturated carbocycles. The van der Waals surface area contributed by atoms with Gasteiger partial charge in [-0.1, -0.05) is 51.3 Å². The molecule has 0 aliphatic heterocycles. The molecular formula is C15H13BrCl2O. The van der Waals surface area contributed by atoms with Gasteiger partial charge in [0.25, 0.3) is 0 Å². The predicted octanol–water partition coefficient (Wildman–Crippen LogP) is 5.45. The van der Waals surface area contributed by atoms with Gasteiger partial charge in [0.15, 0.2) is 0 Å². The van der Waals surface area contributed by atoms with Crippen molar-refractivity contribution in [2.75, 3.05) is 0 Å². The van der Waals surface area contributed by atoms with Gasteiger partial charge in [-0.15, -0.1) is 0 Å². The van der Waals surface area contributed by atoms with Crippen LogP contribution < -0.4 is 0 Å². The minimum absolute atomic E-state index is 0.472. The molecule has 19 heavy (non-hydrogen) atoms. The van der Waals surface area contributed by atoms with Gasteiger partial charge in [-0.05, 0) is 48.7 Å². The van der Waals surface area contributed by atoms with Crippen LogP contribution in [0.5, 0.6) is 0 Å². The molecule has 1 nitrogen and oxygen atoms in total. The van der Waals surface area contributed by atoms with Crippen LogP contribution >= 0.6 is 39.1 Å². The maximum absolute atomic E-state index is 10.6. The van der Waals surface area contributed by atoms with Crippen LogP contribution in [0.2, 0.25) is 10.0 Å². The molecule has 2 aromatic carbocycles. The van der Waals surface area contributed by atoms with Crippen molar-refractivity contribution >= 4 is 39.1 Å². The van der Waals surface area contributed by atoms with Crippen LogP contribution in [0.15, 0.2) is 34.8 Å². The van der Waals surface area contributed by atoms with E-state index < -0.39 is 6.10 Å².